The fourth-order valence-electron chi connectivity index (χ4n) is 0.896. The molecule has 1 atom stereocenters. The number of aliphatic carboxylic acids is 1. The number of carbonyl (C=O) groups excluding carboxylic acids is 1. The van der Waals surface area contributed by atoms with E-state index in [2.05, 4.69) is 5.32 Å². The van der Waals surface area contributed by atoms with Gasteiger partial charge in [-0.3, -0.25) is 4.79 Å². The zero-order chi connectivity index (χ0) is 11.4. The number of amides is 1. The molecule has 0 aromatic heterocycles. The van der Waals surface area contributed by atoms with Crippen molar-refractivity contribution in [2.75, 3.05) is 0 Å². The van der Waals surface area contributed by atoms with Crippen molar-refractivity contribution in [1.29, 1.82) is 0 Å². The Morgan fingerprint density at radius 3 is 2.36 bits per heavy atom. The van der Waals surface area contributed by atoms with Crippen LogP contribution >= 0.6 is 0 Å². The van der Waals surface area contributed by atoms with E-state index in [1.807, 2.05) is 6.92 Å². The van der Waals surface area contributed by atoms with Gasteiger partial charge in [-0.2, -0.15) is 0 Å². The number of rotatable bonds is 5. The molecule has 0 radical (unpaired) electrons. The highest BCUT2D eigenvalue weighted by molar-refractivity contribution is 5.88. The summed E-state index contributed by atoms with van der Waals surface area (Å²) in [4.78, 5) is 22.0. The first-order valence-electron chi connectivity index (χ1n) is 4.62. The molecule has 5 heteroatoms. The van der Waals surface area contributed by atoms with Gasteiger partial charge in [-0.1, -0.05) is 13.3 Å². The van der Waals surface area contributed by atoms with E-state index in [9.17, 15) is 9.59 Å². The van der Waals surface area contributed by atoms with E-state index in [4.69, 9.17) is 10.8 Å². The molecule has 0 saturated carbocycles. The maximum atomic E-state index is 11.4. The second kappa shape index (κ2) is 4.95. The molecular weight excluding hydrogens is 184 g/mol. The van der Waals surface area contributed by atoms with Crippen molar-refractivity contribution in [3.8, 4) is 0 Å². The van der Waals surface area contributed by atoms with Crippen molar-refractivity contribution < 1.29 is 14.7 Å². The zero-order valence-electron chi connectivity index (χ0n) is 8.83. The maximum Gasteiger partial charge on any atom is 0.328 e. The molecule has 0 unspecified atom stereocenters. The molecular formula is C9H18N2O3. The Hall–Kier alpha value is -1.10. The molecule has 5 nitrogen and oxygen atoms in total. The number of nitrogens with two attached hydrogens (primary N) is 1. The average molecular weight is 202 g/mol. The summed E-state index contributed by atoms with van der Waals surface area (Å²) in [6.45, 7) is 4.76. The quantitative estimate of drug-likeness (QED) is 0.589. The van der Waals surface area contributed by atoms with E-state index in [0.29, 0.717) is 6.42 Å². The Balaban J connectivity index is 4.24. The highest BCUT2D eigenvalue weighted by atomic mass is 16.4. The maximum absolute atomic E-state index is 11.4. The van der Waals surface area contributed by atoms with Crippen molar-refractivity contribution >= 4 is 11.9 Å². The van der Waals surface area contributed by atoms with Gasteiger partial charge in [-0.15, -0.1) is 0 Å². The first-order chi connectivity index (χ1) is 6.31. The Labute approximate surface area is 83.7 Å². The van der Waals surface area contributed by atoms with E-state index < -0.39 is 23.5 Å². The van der Waals surface area contributed by atoms with Crippen LogP contribution in [0.3, 0.4) is 0 Å². The first kappa shape index (κ1) is 12.9. The van der Waals surface area contributed by atoms with Gasteiger partial charge in [-0.05, 0) is 20.3 Å². The zero-order valence-corrected chi connectivity index (χ0v) is 8.83. The lowest BCUT2D eigenvalue weighted by Crippen LogP contribution is -2.54. The summed E-state index contributed by atoms with van der Waals surface area (Å²) in [6.07, 6.45) is 1.35. The lowest BCUT2D eigenvalue weighted by molar-refractivity contribution is -0.146. The Kier molecular flexibility index (Phi) is 4.56. The van der Waals surface area contributed by atoms with E-state index in [-0.39, 0.29) is 0 Å². The minimum absolute atomic E-state index is 0.417. The summed E-state index contributed by atoms with van der Waals surface area (Å²) in [5.74, 6) is -1.49. The van der Waals surface area contributed by atoms with Crippen molar-refractivity contribution in [1.82, 2.24) is 5.32 Å². The Morgan fingerprint density at radius 2 is 2.00 bits per heavy atom. The van der Waals surface area contributed by atoms with Crippen LogP contribution in [-0.2, 0) is 9.59 Å². The summed E-state index contributed by atoms with van der Waals surface area (Å²) in [5, 5.41) is 11.1. The molecule has 0 bridgehead atoms. The van der Waals surface area contributed by atoms with Crippen LogP contribution in [0.2, 0.25) is 0 Å². The molecule has 0 fully saturated rings. The van der Waals surface area contributed by atoms with Gasteiger partial charge < -0.3 is 16.2 Å². The average Bonchev–Trinajstić information content (AvgIpc) is 2.03. The van der Waals surface area contributed by atoms with Gasteiger partial charge in [0.25, 0.3) is 0 Å². The Morgan fingerprint density at radius 1 is 1.50 bits per heavy atom. The molecule has 0 rings (SSSR count). The first-order valence-corrected chi connectivity index (χ1v) is 4.62. The minimum atomic E-state index is -1.26. The van der Waals surface area contributed by atoms with Crippen molar-refractivity contribution in [2.45, 2.75) is 45.2 Å². The van der Waals surface area contributed by atoms with Gasteiger partial charge in [0.1, 0.15) is 5.54 Å². The van der Waals surface area contributed by atoms with Gasteiger partial charge in [0.2, 0.25) is 5.91 Å². The molecule has 0 saturated heterocycles. The SMILES string of the molecule is CCC[C@H](N)C(=O)NC(C)(C)C(=O)O. The van der Waals surface area contributed by atoms with Crippen LogP contribution in [0.25, 0.3) is 0 Å². The third kappa shape index (κ3) is 3.74. The normalized spacial score (nSPS) is 13.4. The summed E-state index contributed by atoms with van der Waals surface area (Å²) < 4.78 is 0. The van der Waals surface area contributed by atoms with Crippen LogP contribution in [0.15, 0.2) is 0 Å². The summed E-state index contributed by atoms with van der Waals surface area (Å²) in [5.41, 5.74) is 4.27. The number of carboxylic acid groups (broad SMARTS) is 1. The number of carbonyl (C=O) groups is 2. The van der Waals surface area contributed by atoms with Crippen LogP contribution in [0.1, 0.15) is 33.6 Å². The number of hydrogen-bond donors (Lipinski definition) is 3. The fraction of sp³-hybridized carbons (Fsp3) is 0.778. The molecule has 4 N–H and O–H groups in total. The lowest BCUT2D eigenvalue weighted by atomic mass is 10.0. The van der Waals surface area contributed by atoms with Gasteiger partial charge in [-0.25, -0.2) is 4.79 Å². The van der Waals surface area contributed by atoms with Gasteiger partial charge in [0.05, 0.1) is 6.04 Å². The molecule has 0 spiro atoms. The van der Waals surface area contributed by atoms with E-state index >= 15 is 0 Å². The smallest absolute Gasteiger partial charge is 0.328 e. The molecule has 1 amide bonds. The van der Waals surface area contributed by atoms with Crippen LogP contribution in [0.4, 0.5) is 0 Å². The van der Waals surface area contributed by atoms with E-state index in [0.717, 1.165) is 6.42 Å². The summed E-state index contributed by atoms with van der Waals surface area (Å²) >= 11 is 0. The second-order valence-electron chi connectivity index (χ2n) is 3.81. The van der Waals surface area contributed by atoms with Crippen LogP contribution < -0.4 is 11.1 Å². The number of nitrogens with one attached hydrogen (secondary N) is 1. The van der Waals surface area contributed by atoms with Crippen LogP contribution in [0, 0.1) is 0 Å². The van der Waals surface area contributed by atoms with Crippen molar-refractivity contribution in [3.05, 3.63) is 0 Å². The molecule has 0 aliphatic heterocycles. The van der Waals surface area contributed by atoms with Crippen molar-refractivity contribution in [3.63, 3.8) is 0 Å². The number of hydrogen-bond acceptors (Lipinski definition) is 3. The summed E-state index contributed by atoms with van der Waals surface area (Å²) in [7, 11) is 0. The molecule has 0 heterocycles. The topological polar surface area (TPSA) is 92.4 Å². The van der Waals surface area contributed by atoms with Gasteiger partial charge >= 0.3 is 5.97 Å². The van der Waals surface area contributed by atoms with E-state index in [1.54, 1.807) is 0 Å². The Bertz CT molecular complexity index is 226. The minimum Gasteiger partial charge on any atom is -0.480 e. The third-order valence-electron chi connectivity index (χ3n) is 1.91. The lowest BCUT2D eigenvalue weighted by Gasteiger charge is -2.23. The molecule has 0 aromatic rings. The predicted octanol–water partition coefficient (Wildman–Crippen LogP) is 0.0932. The molecule has 0 aliphatic rings. The second-order valence-corrected chi connectivity index (χ2v) is 3.81. The van der Waals surface area contributed by atoms with Gasteiger partial charge in [0, 0.05) is 0 Å². The highest BCUT2D eigenvalue weighted by Crippen LogP contribution is 2.03. The van der Waals surface area contributed by atoms with Crippen LogP contribution in [0.5, 0.6) is 0 Å². The summed E-state index contributed by atoms with van der Waals surface area (Å²) in [6, 6.07) is -0.626. The van der Waals surface area contributed by atoms with E-state index in [1.165, 1.54) is 13.8 Å². The molecule has 0 aromatic carbocycles. The molecule has 14 heavy (non-hydrogen) atoms. The monoisotopic (exact) mass is 202 g/mol. The molecule has 0 aliphatic carbocycles. The largest absolute Gasteiger partial charge is 0.480 e. The van der Waals surface area contributed by atoms with Crippen LogP contribution in [-0.4, -0.2) is 28.6 Å². The molecule has 82 valence electrons. The third-order valence-corrected chi connectivity index (χ3v) is 1.91. The van der Waals surface area contributed by atoms with Gasteiger partial charge in [0.15, 0.2) is 0 Å². The van der Waals surface area contributed by atoms with Crippen molar-refractivity contribution in [2.24, 2.45) is 5.73 Å². The highest BCUT2D eigenvalue weighted by Gasteiger charge is 2.30. The predicted molar refractivity (Wildman–Crippen MR) is 52.7 cm³/mol. The number of carboxylic acids is 1. The standard InChI is InChI=1S/C9H18N2O3/c1-4-5-6(10)7(12)11-9(2,3)8(13)14/h6H,4-5,10H2,1-3H3,(H,11,12)(H,13,14)/t6-/m0/s1. The fourth-order valence-corrected chi connectivity index (χ4v) is 0.896.